The van der Waals surface area contributed by atoms with Crippen LogP contribution in [0.5, 0.6) is 0 Å². The highest BCUT2D eigenvalue weighted by atomic mass is 16.6. The van der Waals surface area contributed by atoms with Gasteiger partial charge in [0.25, 0.3) is 0 Å². The molecule has 8 atom stereocenters. The molecule has 1 saturated heterocycles. The van der Waals surface area contributed by atoms with Gasteiger partial charge in [0, 0.05) is 0 Å². The second kappa shape index (κ2) is 5.95. The molecule has 0 aromatic rings. The Morgan fingerprint density at radius 1 is 1.10 bits per heavy atom. The molecule has 158 valence electrons. The van der Waals surface area contributed by atoms with E-state index < -0.39 is 11.4 Å². The van der Waals surface area contributed by atoms with Crippen molar-refractivity contribution in [3.05, 3.63) is 11.1 Å². The molecule has 5 aliphatic rings. The number of fused-ring (bicyclic) bond motifs is 8. The zero-order chi connectivity index (χ0) is 20.9. The summed E-state index contributed by atoms with van der Waals surface area (Å²) in [7, 11) is 0. The number of carboxylic acid groups (broad SMARTS) is 1. The lowest BCUT2D eigenvalue weighted by Crippen LogP contribution is -2.56. The summed E-state index contributed by atoms with van der Waals surface area (Å²) in [5.74, 6) is -0.851. The lowest BCUT2D eigenvalue weighted by atomic mass is 9.43. The van der Waals surface area contributed by atoms with Crippen LogP contribution in [0.3, 0.4) is 0 Å². The van der Waals surface area contributed by atoms with Crippen LogP contribution in [0.1, 0.15) is 66.2 Å². The maximum absolute atomic E-state index is 12.7. The topological polar surface area (TPSA) is 80.7 Å². The Morgan fingerprint density at radius 2 is 1.83 bits per heavy atom. The second-order valence-electron chi connectivity index (χ2n) is 11.1. The van der Waals surface area contributed by atoms with Crippen molar-refractivity contribution in [2.75, 3.05) is 0 Å². The van der Waals surface area contributed by atoms with Crippen molar-refractivity contribution in [2.45, 2.75) is 66.2 Å². The zero-order valence-corrected chi connectivity index (χ0v) is 17.9. The summed E-state index contributed by atoms with van der Waals surface area (Å²) in [5.41, 5.74) is 1.83. The largest absolute Gasteiger partial charge is 0.481 e. The molecule has 0 aromatic heterocycles. The molecule has 0 radical (unpaired) electrons. The maximum atomic E-state index is 12.7. The summed E-state index contributed by atoms with van der Waals surface area (Å²) >= 11 is 0. The van der Waals surface area contributed by atoms with E-state index in [9.17, 15) is 19.5 Å². The molecular formula is C24H32O5. The third-order valence-corrected chi connectivity index (χ3v) is 9.68. The van der Waals surface area contributed by atoms with Crippen molar-refractivity contribution in [1.82, 2.24) is 0 Å². The van der Waals surface area contributed by atoms with E-state index >= 15 is 0 Å². The predicted octanol–water partition coefficient (Wildman–Crippen LogP) is 4.21. The summed E-state index contributed by atoms with van der Waals surface area (Å²) in [5, 5.41) is 10.1. The molecular weight excluding hydrogens is 368 g/mol. The number of hydrogen-bond acceptors (Lipinski definition) is 4. The fourth-order valence-corrected chi connectivity index (χ4v) is 8.64. The van der Waals surface area contributed by atoms with Crippen LogP contribution in [-0.2, 0) is 19.1 Å². The second-order valence-corrected chi connectivity index (χ2v) is 11.1. The van der Waals surface area contributed by atoms with Crippen LogP contribution in [-0.4, -0.2) is 23.0 Å². The maximum Gasteiger partial charge on any atom is 0.321 e. The van der Waals surface area contributed by atoms with Gasteiger partial charge in [-0.15, -0.1) is 0 Å². The highest BCUT2D eigenvalue weighted by molar-refractivity contribution is 6.00. The van der Waals surface area contributed by atoms with E-state index in [2.05, 4.69) is 20.8 Å². The minimum Gasteiger partial charge on any atom is -0.481 e. The Morgan fingerprint density at radius 3 is 2.48 bits per heavy atom. The van der Waals surface area contributed by atoms with Gasteiger partial charge < -0.3 is 9.84 Å². The zero-order valence-electron chi connectivity index (χ0n) is 17.9. The Kier molecular flexibility index (Phi) is 3.96. The van der Waals surface area contributed by atoms with Gasteiger partial charge in [0.05, 0.1) is 17.3 Å². The van der Waals surface area contributed by atoms with Crippen LogP contribution < -0.4 is 0 Å². The quantitative estimate of drug-likeness (QED) is 0.427. The molecule has 3 fully saturated rings. The average molecular weight is 401 g/mol. The third-order valence-electron chi connectivity index (χ3n) is 9.68. The first kappa shape index (κ1) is 19.3. The lowest BCUT2D eigenvalue weighted by molar-refractivity contribution is -0.170. The number of allylic oxidation sites excluding steroid dienone is 1. The van der Waals surface area contributed by atoms with Crippen molar-refractivity contribution in [2.24, 2.45) is 52.3 Å². The number of esters is 2. The fourth-order valence-electron chi connectivity index (χ4n) is 8.64. The molecule has 5 rings (SSSR count). The minimum absolute atomic E-state index is 0.0497. The standard InChI is InChI=1S/C24H32O5/c1-11(2)16-13-10-14-12(17(16)19-18(13)20(25)29-21(19)26)6-7-15-23(14,3)8-5-9-24(15,4)22(27)28/h11-15,18-19H,5-10H2,1-4H3,(H,27,28). The van der Waals surface area contributed by atoms with E-state index in [1.165, 1.54) is 11.1 Å². The Labute approximate surface area is 172 Å². The summed E-state index contributed by atoms with van der Waals surface area (Å²) in [6.45, 7) is 8.61. The highest BCUT2D eigenvalue weighted by Gasteiger charge is 2.67. The van der Waals surface area contributed by atoms with E-state index in [4.69, 9.17) is 4.74 Å². The van der Waals surface area contributed by atoms with Crippen LogP contribution in [0, 0.1) is 52.3 Å². The number of carboxylic acids is 1. The predicted molar refractivity (Wildman–Crippen MR) is 105 cm³/mol. The van der Waals surface area contributed by atoms with Gasteiger partial charge in [-0.05, 0) is 74.0 Å². The molecule has 2 saturated carbocycles. The average Bonchev–Trinajstić information content (AvgIpc) is 3.07. The van der Waals surface area contributed by atoms with Crippen LogP contribution >= 0.6 is 0 Å². The molecule has 1 aliphatic heterocycles. The Hall–Kier alpha value is -1.65. The number of ether oxygens (including phenoxy) is 1. The van der Waals surface area contributed by atoms with Gasteiger partial charge in [-0.2, -0.15) is 0 Å². The molecule has 1 N–H and O–H groups in total. The Balaban J connectivity index is 1.61. The van der Waals surface area contributed by atoms with Gasteiger partial charge in [0.2, 0.25) is 0 Å². The number of aliphatic carboxylic acids is 1. The molecule has 0 amide bonds. The number of hydrogen-bond donors (Lipinski definition) is 1. The number of rotatable bonds is 2. The van der Waals surface area contributed by atoms with Gasteiger partial charge in [-0.1, -0.05) is 38.3 Å². The first-order chi connectivity index (χ1) is 13.6. The minimum atomic E-state index is -0.672. The van der Waals surface area contributed by atoms with Gasteiger partial charge in [0.15, 0.2) is 0 Å². The SMILES string of the molecule is CC(C)C1=C2C3CCC4C(C)(C(=O)O)CCCC4(C)C3CC1C1C(=O)OC(=O)C21. The van der Waals surface area contributed by atoms with E-state index in [1.807, 2.05) is 6.92 Å². The Bertz CT molecular complexity index is 840. The summed E-state index contributed by atoms with van der Waals surface area (Å²) in [6, 6.07) is 0. The van der Waals surface area contributed by atoms with Crippen molar-refractivity contribution in [1.29, 1.82) is 0 Å². The first-order valence-electron chi connectivity index (χ1n) is 11.3. The molecule has 2 bridgehead atoms. The highest BCUT2D eigenvalue weighted by Crippen LogP contribution is 2.69. The van der Waals surface area contributed by atoms with Crippen molar-refractivity contribution < 1.29 is 24.2 Å². The number of carbonyl (C=O) groups excluding carboxylic acids is 2. The van der Waals surface area contributed by atoms with E-state index in [0.29, 0.717) is 11.8 Å². The molecule has 0 spiro atoms. The van der Waals surface area contributed by atoms with Crippen LogP contribution in [0.4, 0.5) is 0 Å². The van der Waals surface area contributed by atoms with Crippen molar-refractivity contribution in [3.63, 3.8) is 0 Å². The van der Waals surface area contributed by atoms with Gasteiger partial charge in [-0.3, -0.25) is 14.4 Å². The molecule has 5 heteroatoms. The third kappa shape index (κ3) is 2.25. The lowest BCUT2D eigenvalue weighted by Gasteiger charge is -2.60. The fraction of sp³-hybridized carbons (Fsp3) is 0.792. The van der Waals surface area contributed by atoms with Crippen molar-refractivity contribution >= 4 is 17.9 Å². The molecule has 5 nitrogen and oxygen atoms in total. The smallest absolute Gasteiger partial charge is 0.321 e. The number of cyclic esters (lactones) is 2. The van der Waals surface area contributed by atoms with Crippen LogP contribution in [0.15, 0.2) is 11.1 Å². The molecule has 4 aliphatic carbocycles. The van der Waals surface area contributed by atoms with Gasteiger partial charge in [0.1, 0.15) is 0 Å². The van der Waals surface area contributed by atoms with E-state index in [0.717, 1.165) is 38.5 Å². The monoisotopic (exact) mass is 400 g/mol. The van der Waals surface area contributed by atoms with Crippen LogP contribution in [0.25, 0.3) is 0 Å². The van der Waals surface area contributed by atoms with Crippen molar-refractivity contribution in [3.8, 4) is 0 Å². The molecule has 8 unspecified atom stereocenters. The summed E-state index contributed by atoms with van der Waals surface area (Å²) < 4.78 is 5.08. The molecule has 0 aromatic carbocycles. The van der Waals surface area contributed by atoms with Gasteiger partial charge in [-0.25, -0.2) is 0 Å². The first-order valence-corrected chi connectivity index (χ1v) is 11.3. The van der Waals surface area contributed by atoms with Gasteiger partial charge >= 0.3 is 17.9 Å². The van der Waals surface area contributed by atoms with Crippen LogP contribution in [0.2, 0.25) is 0 Å². The summed E-state index contributed by atoms with van der Waals surface area (Å²) in [4.78, 5) is 37.5. The molecule has 1 heterocycles. The number of carbonyl (C=O) groups is 3. The molecule has 29 heavy (non-hydrogen) atoms. The van der Waals surface area contributed by atoms with E-state index in [-0.39, 0.29) is 46.9 Å². The summed E-state index contributed by atoms with van der Waals surface area (Å²) in [6.07, 6.45) is 5.45. The van der Waals surface area contributed by atoms with E-state index in [1.54, 1.807) is 0 Å². The normalized spacial score (nSPS) is 48.3.